The van der Waals surface area contributed by atoms with Crippen molar-refractivity contribution in [3.8, 4) is 0 Å². The van der Waals surface area contributed by atoms with Gasteiger partial charge in [-0.15, -0.1) is 0 Å². The lowest BCUT2D eigenvalue weighted by Gasteiger charge is -2.25. The Morgan fingerprint density at radius 3 is 1.88 bits per heavy atom. The molecule has 0 spiro atoms. The summed E-state index contributed by atoms with van der Waals surface area (Å²) < 4.78 is 10.3. The van der Waals surface area contributed by atoms with Gasteiger partial charge in [0.05, 0.1) is 13.2 Å². The summed E-state index contributed by atoms with van der Waals surface area (Å²) in [5.74, 6) is 0. The second kappa shape index (κ2) is 8.86. The molecular weight excluding hydrogens is 230 g/mol. The Labute approximate surface area is 108 Å². The topological polar surface area (TPSA) is 21.7 Å². The predicted octanol–water partition coefficient (Wildman–Crippen LogP) is 2.48. The second-order valence-corrected chi connectivity index (χ2v) is 11.2. The van der Waals surface area contributed by atoms with E-state index in [2.05, 4.69) is 31.1 Å². The fraction of sp³-hybridized carbons (Fsp3) is 0.846. The minimum Gasteiger partial charge on any atom is -0.383 e. The SMILES string of the molecule is C=C(CN(CCOC)CCOC)C[Si](C)(C)C. The Kier molecular flexibility index (Phi) is 8.77. The number of nitrogens with zero attached hydrogens (tertiary/aromatic N) is 1. The Bertz CT molecular complexity index is 206. The molecule has 0 atom stereocenters. The molecule has 0 aliphatic carbocycles. The Morgan fingerprint density at radius 1 is 1.06 bits per heavy atom. The van der Waals surface area contributed by atoms with Gasteiger partial charge in [-0.25, -0.2) is 0 Å². The quantitative estimate of drug-likeness (QED) is 0.444. The summed E-state index contributed by atoms with van der Waals surface area (Å²) in [5, 5.41) is 0. The fourth-order valence-corrected chi connectivity index (χ4v) is 3.44. The van der Waals surface area contributed by atoms with Crippen LogP contribution >= 0.6 is 0 Å². The number of hydrogen-bond acceptors (Lipinski definition) is 3. The molecule has 0 unspecified atom stereocenters. The Balaban J connectivity index is 4.07. The summed E-state index contributed by atoms with van der Waals surface area (Å²) in [4.78, 5) is 2.36. The summed E-state index contributed by atoms with van der Waals surface area (Å²) >= 11 is 0. The molecule has 3 nitrogen and oxygen atoms in total. The summed E-state index contributed by atoms with van der Waals surface area (Å²) in [5.41, 5.74) is 1.34. The highest BCUT2D eigenvalue weighted by atomic mass is 28.3. The first-order chi connectivity index (χ1) is 7.89. The highest BCUT2D eigenvalue weighted by molar-refractivity contribution is 6.76. The molecule has 0 N–H and O–H groups in total. The van der Waals surface area contributed by atoms with Gasteiger partial charge in [-0.05, 0) is 6.04 Å². The third-order valence-corrected chi connectivity index (χ3v) is 4.01. The lowest BCUT2D eigenvalue weighted by atomic mass is 10.3. The molecule has 4 heteroatoms. The monoisotopic (exact) mass is 259 g/mol. The van der Waals surface area contributed by atoms with E-state index in [1.165, 1.54) is 11.6 Å². The van der Waals surface area contributed by atoms with Crippen molar-refractivity contribution in [1.29, 1.82) is 0 Å². The Hall–Kier alpha value is -0.163. The largest absolute Gasteiger partial charge is 0.383 e. The molecule has 0 aromatic rings. The molecule has 0 aromatic heterocycles. The molecule has 0 saturated heterocycles. The van der Waals surface area contributed by atoms with Crippen LogP contribution in [0.2, 0.25) is 25.7 Å². The summed E-state index contributed by atoms with van der Waals surface area (Å²) in [7, 11) is 2.44. The lowest BCUT2D eigenvalue weighted by Crippen LogP contribution is -2.33. The maximum Gasteiger partial charge on any atom is 0.0589 e. The molecule has 17 heavy (non-hydrogen) atoms. The maximum atomic E-state index is 5.13. The molecule has 102 valence electrons. The molecule has 0 fully saturated rings. The standard InChI is InChI=1S/C13H29NO2Si/c1-13(12-17(4,5)6)11-14(7-9-15-2)8-10-16-3/h1,7-12H2,2-6H3. The molecular formula is C13H29NO2Si. The first kappa shape index (κ1) is 16.8. The van der Waals surface area contributed by atoms with Gasteiger partial charge in [-0.3, -0.25) is 4.90 Å². The van der Waals surface area contributed by atoms with Crippen LogP contribution in [-0.4, -0.2) is 60.0 Å². The van der Waals surface area contributed by atoms with E-state index in [-0.39, 0.29) is 0 Å². The zero-order valence-corrected chi connectivity index (χ0v) is 13.2. The average molecular weight is 259 g/mol. The molecule has 0 rings (SSSR count). The van der Waals surface area contributed by atoms with Crippen molar-refractivity contribution in [3.05, 3.63) is 12.2 Å². The normalized spacial score (nSPS) is 12.1. The van der Waals surface area contributed by atoms with E-state index in [0.717, 1.165) is 32.8 Å². The number of hydrogen-bond donors (Lipinski definition) is 0. The minimum atomic E-state index is -1.04. The lowest BCUT2D eigenvalue weighted by molar-refractivity contribution is 0.119. The van der Waals surface area contributed by atoms with Gasteiger partial charge in [0, 0.05) is 41.9 Å². The van der Waals surface area contributed by atoms with Gasteiger partial charge >= 0.3 is 0 Å². The third kappa shape index (κ3) is 10.7. The minimum absolute atomic E-state index is 0.768. The second-order valence-electron chi connectivity index (χ2n) is 5.75. The van der Waals surface area contributed by atoms with Crippen molar-refractivity contribution in [2.45, 2.75) is 25.7 Å². The first-order valence-electron chi connectivity index (χ1n) is 6.26. The fourth-order valence-electron chi connectivity index (χ4n) is 1.83. The summed E-state index contributed by atoms with van der Waals surface area (Å²) in [6.45, 7) is 15.8. The van der Waals surface area contributed by atoms with Crippen molar-refractivity contribution in [2.75, 3.05) is 47.1 Å². The average Bonchev–Trinajstić information content (AvgIpc) is 2.19. The highest BCUT2D eigenvalue weighted by Gasteiger charge is 2.16. The van der Waals surface area contributed by atoms with Crippen LogP contribution < -0.4 is 0 Å². The van der Waals surface area contributed by atoms with Gasteiger partial charge in [0.1, 0.15) is 0 Å². The van der Waals surface area contributed by atoms with Crippen LogP contribution in [0, 0.1) is 0 Å². The molecule has 0 aliphatic heterocycles. The smallest absolute Gasteiger partial charge is 0.0589 e. The van der Waals surface area contributed by atoms with Gasteiger partial charge in [0.25, 0.3) is 0 Å². The van der Waals surface area contributed by atoms with E-state index in [1.807, 2.05) is 0 Å². The van der Waals surface area contributed by atoms with E-state index in [9.17, 15) is 0 Å². The molecule has 0 aromatic carbocycles. The molecule has 0 aliphatic rings. The van der Waals surface area contributed by atoms with Gasteiger partial charge < -0.3 is 9.47 Å². The Morgan fingerprint density at radius 2 is 1.53 bits per heavy atom. The van der Waals surface area contributed by atoms with Gasteiger partial charge in [-0.2, -0.15) is 0 Å². The van der Waals surface area contributed by atoms with Crippen molar-refractivity contribution in [2.24, 2.45) is 0 Å². The van der Waals surface area contributed by atoms with E-state index >= 15 is 0 Å². The first-order valence-corrected chi connectivity index (χ1v) is 9.96. The van der Waals surface area contributed by atoms with Gasteiger partial charge in [0.15, 0.2) is 0 Å². The van der Waals surface area contributed by atoms with Crippen molar-refractivity contribution in [1.82, 2.24) is 4.90 Å². The van der Waals surface area contributed by atoms with Gasteiger partial charge in [-0.1, -0.05) is 31.8 Å². The van der Waals surface area contributed by atoms with Crippen LogP contribution in [0.25, 0.3) is 0 Å². The predicted molar refractivity (Wildman–Crippen MR) is 77.5 cm³/mol. The van der Waals surface area contributed by atoms with E-state index < -0.39 is 8.07 Å². The zero-order valence-electron chi connectivity index (χ0n) is 12.2. The highest BCUT2D eigenvalue weighted by Crippen LogP contribution is 2.15. The van der Waals surface area contributed by atoms with Crippen molar-refractivity contribution >= 4 is 8.07 Å². The van der Waals surface area contributed by atoms with Crippen LogP contribution in [-0.2, 0) is 9.47 Å². The summed E-state index contributed by atoms with van der Waals surface area (Å²) in [6.07, 6.45) is 0. The van der Waals surface area contributed by atoms with Crippen molar-refractivity contribution in [3.63, 3.8) is 0 Å². The molecule has 0 amide bonds. The van der Waals surface area contributed by atoms with Crippen LogP contribution in [0.1, 0.15) is 0 Å². The molecule has 0 radical (unpaired) electrons. The number of rotatable bonds is 10. The number of methoxy groups -OCH3 is 2. The van der Waals surface area contributed by atoms with E-state index in [1.54, 1.807) is 14.2 Å². The molecule has 0 heterocycles. The van der Waals surface area contributed by atoms with Crippen LogP contribution in [0.3, 0.4) is 0 Å². The van der Waals surface area contributed by atoms with E-state index in [0.29, 0.717) is 0 Å². The van der Waals surface area contributed by atoms with Crippen LogP contribution in [0.15, 0.2) is 12.2 Å². The molecule has 0 bridgehead atoms. The third-order valence-electron chi connectivity index (χ3n) is 2.45. The van der Waals surface area contributed by atoms with Crippen molar-refractivity contribution < 1.29 is 9.47 Å². The summed E-state index contributed by atoms with van der Waals surface area (Å²) in [6, 6.07) is 1.20. The zero-order chi connectivity index (χ0) is 13.3. The maximum absolute atomic E-state index is 5.13. The van der Waals surface area contributed by atoms with E-state index in [4.69, 9.17) is 9.47 Å². The van der Waals surface area contributed by atoms with Crippen LogP contribution in [0.5, 0.6) is 0 Å². The van der Waals surface area contributed by atoms with Crippen LogP contribution in [0.4, 0.5) is 0 Å². The molecule has 0 saturated carbocycles. The number of ether oxygens (including phenoxy) is 2. The van der Waals surface area contributed by atoms with Gasteiger partial charge in [0.2, 0.25) is 0 Å².